The molecular weight excluding hydrogens is 246 g/mol. The molecule has 1 amide bonds. The summed E-state index contributed by atoms with van der Waals surface area (Å²) in [6, 6.07) is 10.1. The van der Waals surface area contributed by atoms with Crippen LogP contribution in [0, 0.1) is 0 Å². The molecular formula is C13H15N3OS. The highest BCUT2D eigenvalue weighted by molar-refractivity contribution is 7.13. The highest BCUT2D eigenvalue weighted by Gasteiger charge is 2.05. The molecule has 1 heterocycles. The van der Waals surface area contributed by atoms with E-state index in [0.29, 0.717) is 18.1 Å². The van der Waals surface area contributed by atoms with Crippen molar-refractivity contribution < 1.29 is 4.79 Å². The van der Waals surface area contributed by atoms with Gasteiger partial charge in [0.2, 0.25) is 5.91 Å². The molecule has 94 valence electrons. The summed E-state index contributed by atoms with van der Waals surface area (Å²) in [7, 11) is 0. The summed E-state index contributed by atoms with van der Waals surface area (Å²) in [5.41, 5.74) is 7.46. The van der Waals surface area contributed by atoms with Crippen molar-refractivity contribution in [2.75, 3.05) is 12.3 Å². The lowest BCUT2D eigenvalue weighted by Crippen LogP contribution is -2.27. The molecule has 2 aromatic rings. The minimum absolute atomic E-state index is 0.0174. The minimum atomic E-state index is -0.0174. The highest BCUT2D eigenvalue weighted by Crippen LogP contribution is 2.11. The van der Waals surface area contributed by atoms with Gasteiger partial charge in [-0.05, 0) is 12.0 Å². The van der Waals surface area contributed by atoms with Gasteiger partial charge in [-0.3, -0.25) is 4.79 Å². The Labute approximate surface area is 110 Å². The Kier molecular flexibility index (Phi) is 4.30. The maximum absolute atomic E-state index is 11.6. The van der Waals surface area contributed by atoms with Gasteiger partial charge < -0.3 is 11.1 Å². The molecule has 0 saturated carbocycles. The smallest absolute Gasteiger partial charge is 0.226 e. The molecule has 0 aliphatic carbocycles. The van der Waals surface area contributed by atoms with Gasteiger partial charge in [0.05, 0.1) is 12.1 Å². The third kappa shape index (κ3) is 3.85. The Morgan fingerprint density at radius 1 is 1.33 bits per heavy atom. The van der Waals surface area contributed by atoms with E-state index in [2.05, 4.69) is 10.3 Å². The van der Waals surface area contributed by atoms with Crippen LogP contribution in [-0.2, 0) is 17.6 Å². The fraction of sp³-hybridized carbons (Fsp3) is 0.231. The minimum Gasteiger partial charge on any atom is -0.375 e. The van der Waals surface area contributed by atoms with Crippen LogP contribution in [0.25, 0.3) is 0 Å². The van der Waals surface area contributed by atoms with Gasteiger partial charge in [0.25, 0.3) is 0 Å². The Morgan fingerprint density at radius 2 is 2.11 bits per heavy atom. The van der Waals surface area contributed by atoms with Crippen molar-refractivity contribution >= 4 is 22.4 Å². The molecule has 0 atom stereocenters. The van der Waals surface area contributed by atoms with Crippen molar-refractivity contribution in [1.29, 1.82) is 0 Å². The Hall–Kier alpha value is -1.88. The summed E-state index contributed by atoms with van der Waals surface area (Å²) in [5.74, 6) is -0.0174. The second-order valence-corrected chi connectivity index (χ2v) is 4.83. The first-order chi connectivity index (χ1) is 8.74. The average Bonchev–Trinajstić information content (AvgIpc) is 2.76. The number of aromatic nitrogens is 1. The lowest BCUT2D eigenvalue weighted by Gasteiger charge is -2.04. The van der Waals surface area contributed by atoms with Gasteiger partial charge >= 0.3 is 0 Å². The number of hydrogen-bond donors (Lipinski definition) is 2. The Bertz CT molecular complexity index is 510. The first-order valence-corrected chi connectivity index (χ1v) is 6.62. The Morgan fingerprint density at radius 3 is 2.78 bits per heavy atom. The van der Waals surface area contributed by atoms with Gasteiger partial charge in [0.1, 0.15) is 0 Å². The van der Waals surface area contributed by atoms with Crippen LogP contribution in [0.1, 0.15) is 11.3 Å². The van der Waals surface area contributed by atoms with Crippen molar-refractivity contribution in [2.45, 2.75) is 12.8 Å². The van der Waals surface area contributed by atoms with Crippen LogP contribution >= 0.6 is 11.3 Å². The number of carbonyl (C=O) groups excluding carboxylic acids is 1. The molecule has 3 N–H and O–H groups in total. The molecule has 1 aromatic carbocycles. The summed E-state index contributed by atoms with van der Waals surface area (Å²) in [4.78, 5) is 15.7. The van der Waals surface area contributed by atoms with Crippen LogP contribution in [0.4, 0.5) is 5.13 Å². The molecule has 1 aromatic heterocycles. The summed E-state index contributed by atoms with van der Waals surface area (Å²) in [6.07, 6.45) is 1.13. The number of amides is 1. The first-order valence-electron chi connectivity index (χ1n) is 5.74. The van der Waals surface area contributed by atoms with E-state index in [1.54, 1.807) is 0 Å². The van der Waals surface area contributed by atoms with Gasteiger partial charge in [0.15, 0.2) is 5.13 Å². The van der Waals surface area contributed by atoms with Crippen LogP contribution in [0.3, 0.4) is 0 Å². The standard InChI is InChI=1S/C13H15N3OS/c14-13-16-11(9-18-13)8-12(17)15-7-6-10-4-2-1-3-5-10/h1-5,9H,6-8H2,(H2,14,16)(H,15,17). The van der Waals surface area contributed by atoms with Crippen LogP contribution in [0.5, 0.6) is 0 Å². The second kappa shape index (κ2) is 6.16. The van der Waals surface area contributed by atoms with Crippen molar-refractivity contribution in [1.82, 2.24) is 10.3 Å². The molecule has 0 unspecified atom stereocenters. The maximum Gasteiger partial charge on any atom is 0.226 e. The zero-order valence-electron chi connectivity index (χ0n) is 9.93. The number of rotatable bonds is 5. The number of benzene rings is 1. The van der Waals surface area contributed by atoms with Crippen LogP contribution in [0.2, 0.25) is 0 Å². The van der Waals surface area contributed by atoms with Crippen LogP contribution < -0.4 is 11.1 Å². The number of nitrogen functional groups attached to an aromatic ring is 1. The molecule has 0 spiro atoms. The Balaban J connectivity index is 1.72. The van der Waals surface area contributed by atoms with E-state index >= 15 is 0 Å². The number of carbonyl (C=O) groups is 1. The number of thiazole rings is 1. The number of anilines is 1. The van der Waals surface area contributed by atoms with E-state index in [-0.39, 0.29) is 5.91 Å². The van der Waals surface area contributed by atoms with Gasteiger partial charge in [0, 0.05) is 11.9 Å². The summed E-state index contributed by atoms with van der Waals surface area (Å²) in [6.45, 7) is 0.641. The first kappa shape index (κ1) is 12.6. The molecule has 0 radical (unpaired) electrons. The highest BCUT2D eigenvalue weighted by atomic mass is 32.1. The van der Waals surface area contributed by atoms with Gasteiger partial charge in [-0.1, -0.05) is 30.3 Å². The molecule has 5 heteroatoms. The van der Waals surface area contributed by atoms with E-state index in [9.17, 15) is 4.79 Å². The van der Waals surface area contributed by atoms with Crippen molar-refractivity contribution in [3.05, 3.63) is 47.0 Å². The third-order valence-corrected chi connectivity index (χ3v) is 3.21. The predicted molar refractivity (Wildman–Crippen MR) is 73.4 cm³/mol. The fourth-order valence-electron chi connectivity index (χ4n) is 1.62. The molecule has 0 saturated heterocycles. The predicted octanol–water partition coefficient (Wildman–Crippen LogP) is 1.63. The van der Waals surface area contributed by atoms with Gasteiger partial charge in [-0.2, -0.15) is 0 Å². The van der Waals surface area contributed by atoms with E-state index < -0.39 is 0 Å². The van der Waals surface area contributed by atoms with E-state index in [1.165, 1.54) is 16.9 Å². The summed E-state index contributed by atoms with van der Waals surface area (Å²) < 4.78 is 0. The normalized spacial score (nSPS) is 10.2. The van der Waals surface area contributed by atoms with Crippen LogP contribution in [-0.4, -0.2) is 17.4 Å². The third-order valence-electron chi connectivity index (χ3n) is 2.49. The summed E-state index contributed by atoms with van der Waals surface area (Å²) >= 11 is 1.35. The van der Waals surface area contributed by atoms with E-state index in [0.717, 1.165) is 12.1 Å². The number of nitrogens with one attached hydrogen (secondary N) is 1. The second-order valence-electron chi connectivity index (χ2n) is 3.94. The van der Waals surface area contributed by atoms with Gasteiger partial charge in [-0.15, -0.1) is 11.3 Å². The van der Waals surface area contributed by atoms with E-state index in [4.69, 9.17) is 5.73 Å². The van der Waals surface area contributed by atoms with E-state index in [1.807, 2.05) is 35.7 Å². The topological polar surface area (TPSA) is 68.0 Å². The molecule has 0 fully saturated rings. The molecule has 0 aliphatic heterocycles. The van der Waals surface area contributed by atoms with Gasteiger partial charge in [-0.25, -0.2) is 4.98 Å². The molecule has 18 heavy (non-hydrogen) atoms. The zero-order chi connectivity index (χ0) is 12.8. The number of nitrogens with two attached hydrogens (primary N) is 1. The fourth-order valence-corrected chi connectivity index (χ4v) is 2.18. The quantitative estimate of drug-likeness (QED) is 0.859. The molecule has 4 nitrogen and oxygen atoms in total. The van der Waals surface area contributed by atoms with Crippen molar-refractivity contribution in [2.24, 2.45) is 0 Å². The number of nitrogens with zero attached hydrogens (tertiary/aromatic N) is 1. The SMILES string of the molecule is Nc1nc(CC(=O)NCCc2ccccc2)cs1. The summed E-state index contributed by atoms with van der Waals surface area (Å²) in [5, 5.41) is 5.19. The molecule has 0 aliphatic rings. The monoisotopic (exact) mass is 261 g/mol. The average molecular weight is 261 g/mol. The lowest BCUT2D eigenvalue weighted by atomic mass is 10.1. The van der Waals surface area contributed by atoms with Crippen molar-refractivity contribution in [3.63, 3.8) is 0 Å². The zero-order valence-corrected chi connectivity index (χ0v) is 10.7. The largest absolute Gasteiger partial charge is 0.375 e. The lowest BCUT2D eigenvalue weighted by molar-refractivity contribution is -0.120. The van der Waals surface area contributed by atoms with Crippen LogP contribution in [0.15, 0.2) is 35.7 Å². The molecule has 2 rings (SSSR count). The van der Waals surface area contributed by atoms with Crippen molar-refractivity contribution in [3.8, 4) is 0 Å². The maximum atomic E-state index is 11.6. The number of hydrogen-bond acceptors (Lipinski definition) is 4. The molecule has 0 bridgehead atoms.